The molecule has 0 spiro atoms. The third-order valence-corrected chi connectivity index (χ3v) is 1.60. The van der Waals surface area contributed by atoms with Crippen LogP contribution >= 0.6 is 0 Å². The summed E-state index contributed by atoms with van der Waals surface area (Å²) >= 11 is 0. The zero-order valence-corrected chi connectivity index (χ0v) is 7.36. The summed E-state index contributed by atoms with van der Waals surface area (Å²) in [6.45, 7) is 0.314. The van der Waals surface area contributed by atoms with Gasteiger partial charge in [0.1, 0.15) is 0 Å². The van der Waals surface area contributed by atoms with Gasteiger partial charge in [0.2, 0.25) is 0 Å². The van der Waals surface area contributed by atoms with Crippen LogP contribution in [0.3, 0.4) is 0 Å². The minimum Gasteiger partial charge on any atom is -0.465 e. The lowest BCUT2D eigenvalue weighted by molar-refractivity contribution is -0.218. The summed E-state index contributed by atoms with van der Waals surface area (Å²) in [7, 11) is 2.27. The van der Waals surface area contributed by atoms with Gasteiger partial charge in [-0.05, 0) is 0 Å². The first-order valence-electron chi connectivity index (χ1n) is 3.62. The largest absolute Gasteiger partial charge is 0.465 e. The molecule has 0 amide bonds. The highest BCUT2D eigenvalue weighted by Crippen LogP contribution is 2.22. The van der Waals surface area contributed by atoms with Gasteiger partial charge in [-0.1, -0.05) is 0 Å². The molecular formula is C7H10O6. The van der Waals surface area contributed by atoms with E-state index < -0.39 is 17.7 Å². The summed E-state index contributed by atoms with van der Waals surface area (Å²) in [5, 5.41) is 0. The molecule has 1 heterocycles. The third kappa shape index (κ3) is 1.50. The fraction of sp³-hybridized carbons (Fsp3) is 0.714. The van der Waals surface area contributed by atoms with Crippen molar-refractivity contribution in [1.82, 2.24) is 0 Å². The molecule has 0 bridgehead atoms. The van der Waals surface area contributed by atoms with Crippen LogP contribution in [0.15, 0.2) is 0 Å². The SMILES string of the molecule is COC(=O)C1(C(=O)OC)OCCO1. The molecule has 0 atom stereocenters. The predicted octanol–water partition coefficient (Wildman–Crippen LogP) is -0.925. The first-order chi connectivity index (χ1) is 6.17. The number of hydrogen-bond acceptors (Lipinski definition) is 6. The summed E-state index contributed by atoms with van der Waals surface area (Å²) in [6.07, 6.45) is 0. The van der Waals surface area contributed by atoms with E-state index in [-0.39, 0.29) is 13.2 Å². The lowest BCUT2D eigenvalue weighted by atomic mass is 10.3. The molecule has 74 valence electrons. The Morgan fingerprint density at radius 3 is 1.77 bits per heavy atom. The van der Waals surface area contributed by atoms with Gasteiger partial charge in [0.25, 0.3) is 0 Å². The van der Waals surface area contributed by atoms with E-state index in [0.717, 1.165) is 14.2 Å². The summed E-state index contributed by atoms with van der Waals surface area (Å²) in [5.41, 5.74) is 0. The number of hydrogen-bond donors (Lipinski definition) is 0. The Kier molecular flexibility index (Phi) is 2.84. The summed E-state index contributed by atoms with van der Waals surface area (Å²) in [6, 6.07) is 0. The van der Waals surface area contributed by atoms with Crippen LogP contribution in [0.5, 0.6) is 0 Å². The summed E-state index contributed by atoms with van der Waals surface area (Å²) < 4.78 is 18.5. The van der Waals surface area contributed by atoms with Crippen molar-refractivity contribution in [3.05, 3.63) is 0 Å². The fourth-order valence-corrected chi connectivity index (χ4v) is 1.00. The maximum atomic E-state index is 11.2. The van der Waals surface area contributed by atoms with Gasteiger partial charge in [-0.25, -0.2) is 9.59 Å². The third-order valence-electron chi connectivity index (χ3n) is 1.60. The van der Waals surface area contributed by atoms with E-state index in [1.807, 2.05) is 0 Å². The number of methoxy groups -OCH3 is 2. The number of carbonyl (C=O) groups is 2. The van der Waals surface area contributed by atoms with E-state index in [9.17, 15) is 9.59 Å². The van der Waals surface area contributed by atoms with Crippen molar-refractivity contribution in [3.8, 4) is 0 Å². The summed E-state index contributed by atoms with van der Waals surface area (Å²) in [5.74, 6) is -3.82. The van der Waals surface area contributed by atoms with Gasteiger partial charge in [0.05, 0.1) is 27.4 Å². The number of carbonyl (C=O) groups excluding carboxylic acids is 2. The molecule has 0 saturated carbocycles. The van der Waals surface area contributed by atoms with Crippen molar-refractivity contribution in [1.29, 1.82) is 0 Å². The molecule has 1 aliphatic heterocycles. The maximum Gasteiger partial charge on any atom is 0.379 e. The summed E-state index contributed by atoms with van der Waals surface area (Å²) in [4.78, 5) is 22.3. The Bertz CT molecular complexity index is 199. The van der Waals surface area contributed by atoms with Crippen LogP contribution in [0.1, 0.15) is 0 Å². The van der Waals surface area contributed by atoms with Crippen molar-refractivity contribution in [3.63, 3.8) is 0 Å². The average Bonchev–Trinajstić information content (AvgIpc) is 2.65. The maximum absolute atomic E-state index is 11.2. The van der Waals surface area contributed by atoms with Crippen LogP contribution in [0, 0.1) is 0 Å². The van der Waals surface area contributed by atoms with Gasteiger partial charge >= 0.3 is 17.7 Å². The molecule has 0 radical (unpaired) electrons. The molecule has 0 aromatic rings. The van der Waals surface area contributed by atoms with E-state index in [1.54, 1.807) is 0 Å². The zero-order chi connectivity index (χ0) is 9.90. The second-order valence-corrected chi connectivity index (χ2v) is 2.30. The normalized spacial score (nSPS) is 19.5. The monoisotopic (exact) mass is 190 g/mol. The van der Waals surface area contributed by atoms with Crippen LogP contribution in [-0.2, 0) is 28.5 Å². The van der Waals surface area contributed by atoms with Gasteiger partial charge in [-0.3, -0.25) is 0 Å². The Labute approximate surface area is 74.7 Å². The Morgan fingerprint density at radius 2 is 1.46 bits per heavy atom. The lowest BCUT2D eigenvalue weighted by Crippen LogP contribution is -2.49. The van der Waals surface area contributed by atoms with Gasteiger partial charge in [0.15, 0.2) is 0 Å². The molecule has 1 aliphatic rings. The predicted molar refractivity (Wildman–Crippen MR) is 38.7 cm³/mol. The molecule has 6 nitrogen and oxygen atoms in total. The molecule has 0 aromatic carbocycles. The highest BCUT2D eigenvalue weighted by Gasteiger charge is 2.54. The van der Waals surface area contributed by atoms with Crippen molar-refractivity contribution >= 4 is 11.9 Å². The van der Waals surface area contributed by atoms with E-state index >= 15 is 0 Å². The quantitative estimate of drug-likeness (QED) is 0.414. The second kappa shape index (κ2) is 3.71. The lowest BCUT2D eigenvalue weighted by Gasteiger charge is -2.20. The molecule has 1 saturated heterocycles. The highest BCUT2D eigenvalue weighted by molar-refractivity contribution is 6.02. The van der Waals surface area contributed by atoms with Crippen molar-refractivity contribution in [2.75, 3.05) is 27.4 Å². The molecule has 0 aromatic heterocycles. The number of ether oxygens (including phenoxy) is 4. The Balaban J connectivity index is 2.86. The van der Waals surface area contributed by atoms with E-state index in [4.69, 9.17) is 9.47 Å². The molecule has 0 aliphatic carbocycles. The van der Waals surface area contributed by atoms with Crippen LogP contribution < -0.4 is 0 Å². The van der Waals surface area contributed by atoms with E-state index in [0.29, 0.717) is 0 Å². The Morgan fingerprint density at radius 1 is 1.08 bits per heavy atom. The smallest absolute Gasteiger partial charge is 0.379 e. The first kappa shape index (κ1) is 9.94. The highest BCUT2D eigenvalue weighted by atomic mass is 16.8. The molecule has 1 fully saturated rings. The molecule has 0 N–H and O–H groups in total. The van der Waals surface area contributed by atoms with E-state index in [1.165, 1.54) is 0 Å². The molecule has 0 unspecified atom stereocenters. The van der Waals surface area contributed by atoms with Gasteiger partial charge in [0, 0.05) is 0 Å². The molecule has 1 rings (SSSR count). The molecular weight excluding hydrogens is 180 g/mol. The van der Waals surface area contributed by atoms with Gasteiger partial charge in [-0.15, -0.1) is 0 Å². The van der Waals surface area contributed by atoms with Gasteiger partial charge in [-0.2, -0.15) is 0 Å². The minimum atomic E-state index is -2.01. The van der Waals surface area contributed by atoms with Crippen LogP contribution in [0.25, 0.3) is 0 Å². The standard InChI is InChI=1S/C7H10O6/c1-10-5(8)7(6(9)11-2)12-3-4-13-7/h3-4H2,1-2H3. The van der Waals surface area contributed by atoms with Crippen LogP contribution in [0.2, 0.25) is 0 Å². The average molecular weight is 190 g/mol. The van der Waals surface area contributed by atoms with Crippen molar-refractivity contribution in [2.24, 2.45) is 0 Å². The van der Waals surface area contributed by atoms with Crippen LogP contribution in [-0.4, -0.2) is 45.2 Å². The van der Waals surface area contributed by atoms with Gasteiger partial charge < -0.3 is 18.9 Å². The first-order valence-corrected chi connectivity index (χ1v) is 3.62. The van der Waals surface area contributed by atoms with Crippen molar-refractivity contribution in [2.45, 2.75) is 5.79 Å². The Hall–Kier alpha value is -1.14. The zero-order valence-electron chi connectivity index (χ0n) is 7.36. The number of rotatable bonds is 2. The van der Waals surface area contributed by atoms with Crippen molar-refractivity contribution < 1.29 is 28.5 Å². The number of esters is 2. The fourth-order valence-electron chi connectivity index (χ4n) is 1.00. The van der Waals surface area contributed by atoms with E-state index in [2.05, 4.69) is 9.47 Å². The topological polar surface area (TPSA) is 71.1 Å². The molecule has 13 heavy (non-hydrogen) atoms. The molecule has 6 heteroatoms. The minimum absolute atomic E-state index is 0.157. The second-order valence-electron chi connectivity index (χ2n) is 2.30. The van der Waals surface area contributed by atoms with Crippen LogP contribution in [0.4, 0.5) is 0 Å².